The number of carbonyl (C=O) groups is 1. The van der Waals surface area contributed by atoms with Gasteiger partial charge in [-0.25, -0.2) is 0 Å². The number of anilines is 2. The summed E-state index contributed by atoms with van der Waals surface area (Å²) < 4.78 is 5.43. The number of ether oxygens (including phenoxy) is 1. The van der Waals surface area contributed by atoms with Gasteiger partial charge in [0.25, 0.3) is 0 Å². The first-order valence-electron chi connectivity index (χ1n) is 8.54. The molecule has 0 aromatic heterocycles. The molecule has 2 bridgehead atoms. The number of hydrogen-bond acceptors (Lipinski definition) is 3. The third-order valence-electron chi connectivity index (χ3n) is 5.59. The van der Waals surface area contributed by atoms with Crippen LogP contribution >= 0.6 is 0 Å². The number of hydrogen-bond donors (Lipinski definition) is 1. The summed E-state index contributed by atoms with van der Waals surface area (Å²) in [6.45, 7) is 3.30. The van der Waals surface area contributed by atoms with Crippen LogP contribution in [0.3, 0.4) is 0 Å². The second-order valence-electron chi connectivity index (χ2n) is 6.89. The molecule has 4 nitrogen and oxygen atoms in total. The van der Waals surface area contributed by atoms with Crippen molar-refractivity contribution in [3.8, 4) is 0 Å². The minimum atomic E-state index is 0.230. The monoisotopic (exact) mass is 300 g/mol. The van der Waals surface area contributed by atoms with Gasteiger partial charge in [0, 0.05) is 19.0 Å². The highest BCUT2D eigenvalue weighted by atomic mass is 16.5. The van der Waals surface area contributed by atoms with Gasteiger partial charge in [0.1, 0.15) is 0 Å². The number of morpholine rings is 1. The van der Waals surface area contributed by atoms with E-state index in [0.29, 0.717) is 5.92 Å². The van der Waals surface area contributed by atoms with Crippen molar-refractivity contribution in [1.82, 2.24) is 0 Å². The molecule has 3 unspecified atom stereocenters. The number of carbonyl (C=O) groups excluding carboxylic acids is 1. The van der Waals surface area contributed by atoms with Crippen LogP contribution in [0, 0.1) is 17.8 Å². The normalized spacial score (nSPS) is 30.5. The molecule has 1 heterocycles. The topological polar surface area (TPSA) is 41.6 Å². The van der Waals surface area contributed by atoms with Gasteiger partial charge in [-0.05, 0) is 43.2 Å². The predicted molar refractivity (Wildman–Crippen MR) is 87.0 cm³/mol. The fourth-order valence-electron chi connectivity index (χ4n) is 4.45. The van der Waals surface area contributed by atoms with Crippen LogP contribution in [0.5, 0.6) is 0 Å². The van der Waals surface area contributed by atoms with Crippen molar-refractivity contribution in [1.29, 1.82) is 0 Å². The smallest absolute Gasteiger partial charge is 0.227 e. The van der Waals surface area contributed by atoms with Crippen molar-refractivity contribution in [3.05, 3.63) is 24.3 Å². The van der Waals surface area contributed by atoms with E-state index in [1.165, 1.54) is 19.3 Å². The average molecular weight is 300 g/mol. The molecular formula is C18H24N2O2. The number of benzene rings is 1. The standard InChI is InChI=1S/C18H24N2O2/c21-18(15-12-13-5-6-14(15)11-13)19-16-3-1-2-4-17(16)20-7-9-22-10-8-20/h1-4,13-15H,5-12H2,(H,19,21). The Bertz CT molecular complexity index is 554. The minimum Gasteiger partial charge on any atom is -0.378 e. The highest BCUT2D eigenvalue weighted by Gasteiger charge is 2.43. The van der Waals surface area contributed by atoms with Gasteiger partial charge >= 0.3 is 0 Å². The maximum absolute atomic E-state index is 12.7. The maximum atomic E-state index is 12.7. The van der Waals surface area contributed by atoms with Gasteiger partial charge in [-0.15, -0.1) is 0 Å². The second kappa shape index (κ2) is 5.92. The Labute approximate surface area is 131 Å². The Balaban J connectivity index is 1.49. The lowest BCUT2D eigenvalue weighted by Gasteiger charge is -2.31. The van der Waals surface area contributed by atoms with Crippen LogP contribution in [0.2, 0.25) is 0 Å². The lowest BCUT2D eigenvalue weighted by Crippen LogP contribution is -2.37. The van der Waals surface area contributed by atoms with Crippen LogP contribution in [0.25, 0.3) is 0 Å². The van der Waals surface area contributed by atoms with Crippen LogP contribution in [0.4, 0.5) is 11.4 Å². The summed E-state index contributed by atoms with van der Waals surface area (Å²) in [5, 5.41) is 3.21. The summed E-state index contributed by atoms with van der Waals surface area (Å²) in [6, 6.07) is 8.16. The highest BCUT2D eigenvalue weighted by Crippen LogP contribution is 2.48. The third kappa shape index (κ3) is 2.60. The SMILES string of the molecule is O=C(Nc1ccccc1N1CCOCC1)C1CC2CCC1C2. The van der Waals surface area contributed by atoms with E-state index >= 15 is 0 Å². The predicted octanol–water partition coefficient (Wildman–Crippen LogP) is 2.90. The molecule has 1 aromatic rings. The molecule has 2 aliphatic carbocycles. The number of fused-ring (bicyclic) bond motifs is 2. The van der Waals surface area contributed by atoms with Crippen molar-refractivity contribution < 1.29 is 9.53 Å². The van der Waals surface area contributed by atoms with Crippen molar-refractivity contribution >= 4 is 17.3 Å². The van der Waals surface area contributed by atoms with Crippen molar-refractivity contribution in [2.75, 3.05) is 36.5 Å². The molecule has 22 heavy (non-hydrogen) atoms. The molecule has 1 amide bonds. The van der Waals surface area contributed by atoms with Crippen LogP contribution < -0.4 is 10.2 Å². The molecule has 118 valence electrons. The molecule has 1 aliphatic heterocycles. The van der Waals surface area contributed by atoms with Gasteiger partial charge in [-0.1, -0.05) is 18.6 Å². The number of para-hydroxylation sites is 2. The first kappa shape index (κ1) is 14.1. The molecule has 2 saturated carbocycles. The molecule has 0 radical (unpaired) electrons. The van der Waals surface area contributed by atoms with E-state index in [4.69, 9.17) is 4.74 Å². The zero-order valence-corrected chi connectivity index (χ0v) is 13.0. The summed E-state index contributed by atoms with van der Waals surface area (Å²) >= 11 is 0. The van der Waals surface area contributed by atoms with E-state index in [9.17, 15) is 4.79 Å². The van der Waals surface area contributed by atoms with Crippen LogP contribution in [-0.4, -0.2) is 32.2 Å². The Morgan fingerprint density at radius 3 is 2.68 bits per heavy atom. The molecule has 0 spiro atoms. The fraction of sp³-hybridized carbons (Fsp3) is 0.611. The molecule has 1 N–H and O–H groups in total. The zero-order valence-electron chi connectivity index (χ0n) is 13.0. The second-order valence-corrected chi connectivity index (χ2v) is 6.89. The summed E-state index contributed by atoms with van der Waals surface area (Å²) in [6.07, 6.45) is 4.94. The van der Waals surface area contributed by atoms with E-state index < -0.39 is 0 Å². The van der Waals surface area contributed by atoms with Gasteiger partial charge < -0.3 is 15.0 Å². The van der Waals surface area contributed by atoms with E-state index in [0.717, 1.165) is 50.0 Å². The Hall–Kier alpha value is -1.55. The number of nitrogens with zero attached hydrogens (tertiary/aromatic N) is 1. The molecule has 4 rings (SSSR count). The lowest BCUT2D eigenvalue weighted by atomic mass is 9.88. The van der Waals surface area contributed by atoms with Crippen molar-refractivity contribution in [2.24, 2.45) is 17.8 Å². The molecular weight excluding hydrogens is 276 g/mol. The molecule has 3 fully saturated rings. The fourth-order valence-corrected chi connectivity index (χ4v) is 4.45. The van der Waals surface area contributed by atoms with Gasteiger partial charge in [-0.2, -0.15) is 0 Å². The van der Waals surface area contributed by atoms with Gasteiger partial charge in [0.2, 0.25) is 5.91 Å². The van der Waals surface area contributed by atoms with Crippen molar-refractivity contribution in [2.45, 2.75) is 25.7 Å². The highest BCUT2D eigenvalue weighted by molar-refractivity contribution is 5.96. The summed E-state index contributed by atoms with van der Waals surface area (Å²) in [7, 11) is 0. The van der Waals surface area contributed by atoms with Crippen molar-refractivity contribution in [3.63, 3.8) is 0 Å². The number of nitrogens with one attached hydrogen (secondary N) is 1. The van der Waals surface area contributed by atoms with Gasteiger partial charge in [-0.3, -0.25) is 4.79 Å². The number of amides is 1. The maximum Gasteiger partial charge on any atom is 0.227 e. The molecule has 1 saturated heterocycles. The Morgan fingerprint density at radius 2 is 1.95 bits per heavy atom. The van der Waals surface area contributed by atoms with Gasteiger partial charge in [0.15, 0.2) is 0 Å². The molecule has 3 atom stereocenters. The zero-order chi connectivity index (χ0) is 14.9. The summed E-state index contributed by atoms with van der Waals surface area (Å²) in [5.74, 6) is 1.89. The van der Waals surface area contributed by atoms with E-state index in [1.54, 1.807) is 0 Å². The van der Waals surface area contributed by atoms with E-state index in [1.807, 2.05) is 18.2 Å². The average Bonchev–Trinajstić information content (AvgIpc) is 3.19. The largest absolute Gasteiger partial charge is 0.378 e. The van der Waals surface area contributed by atoms with Crippen LogP contribution in [0.15, 0.2) is 24.3 Å². The Morgan fingerprint density at radius 1 is 1.14 bits per heavy atom. The summed E-state index contributed by atoms with van der Waals surface area (Å²) in [5.41, 5.74) is 2.08. The van der Waals surface area contributed by atoms with E-state index in [-0.39, 0.29) is 11.8 Å². The summed E-state index contributed by atoms with van der Waals surface area (Å²) in [4.78, 5) is 15.0. The van der Waals surface area contributed by atoms with Gasteiger partial charge in [0.05, 0.1) is 24.6 Å². The molecule has 1 aromatic carbocycles. The minimum absolute atomic E-state index is 0.230. The third-order valence-corrected chi connectivity index (χ3v) is 5.59. The van der Waals surface area contributed by atoms with Crippen LogP contribution in [0.1, 0.15) is 25.7 Å². The lowest BCUT2D eigenvalue weighted by molar-refractivity contribution is -0.121. The van der Waals surface area contributed by atoms with Crippen LogP contribution in [-0.2, 0) is 9.53 Å². The van der Waals surface area contributed by atoms with E-state index in [2.05, 4.69) is 16.3 Å². The quantitative estimate of drug-likeness (QED) is 0.933. The number of rotatable bonds is 3. The first-order chi connectivity index (χ1) is 10.8. The molecule has 3 aliphatic rings. The molecule has 4 heteroatoms. The first-order valence-corrected chi connectivity index (χ1v) is 8.54. The Kier molecular flexibility index (Phi) is 3.78.